The lowest BCUT2D eigenvalue weighted by Crippen LogP contribution is -2.39. The molecule has 0 unspecified atom stereocenters. The van der Waals surface area contributed by atoms with Crippen LogP contribution in [0.3, 0.4) is 0 Å². The topological polar surface area (TPSA) is 64.8 Å². The Bertz CT molecular complexity index is 649. The number of ether oxygens (including phenoxy) is 2. The molecule has 0 saturated heterocycles. The lowest BCUT2D eigenvalue weighted by molar-refractivity contribution is 0.0594. The number of carbonyl (C=O) groups excluding carboxylic acids is 1. The zero-order valence-electron chi connectivity index (χ0n) is 14.6. The molecule has 0 aliphatic rings. The van der Waals surface area contributed by atoms with Gasteiger partial charge in [-0.3, -0.25) is 4.79 Å². The maximum Gasteiger partial charge on any atom is 0.292 e. The van der Waals surface area contributed by atoms with Crippen molar-refractivity contribution in [3.05, 3.63) is 47.3 Å². The molecule has 1 amide bonds. The molecule has 0 aliphatic carbocycles. The highest BCUT2D eigenvalue weighted by atomic mass is 16.5. The van der Waals surface area contributed by atoms with E-state index in [1.807, 2.05) is 38.1 Å². The van der Waals surface area contributed by atoms with Crippen molar-refractivity contribution < 1.29 is 18.8 Å². The Morgan fingerprint density at radius 3 is 2.54 bits per heavy atom. The first-order chi connectivity index (χ1) is 11.5. The van der Waals surface area contributed by atoms with Crippen LogP contribution in [0.1, 0.15) is 35.7 Å². The number of carbonyl (C=O) groups is 1. The van der Waals surface area contributed by atoms with Gasteiger partial charge in [-0.2, -0.15) is 0 Å². The summed E-state index contributed by atoms with van der Waals surface area (Å²) in [5.41, 5.74) is 1.79. The van der Waals surface area contributed by atoms with Gasteiger partial charge in [0.2, 0.25) is 5.76 Å². The molecule has 6 heteroatoms. The van der Waals surface area contributed by atoms with Crippen LogP contribution in [0.5, 0.6) is 5.75 Å². The fourth-order valence-electron chi connectivity index (χ4n) is 2.37. The van der Waals surface area contributed by atoms with Crippen LogP contribution < -0.4 is 4.74 Å². The second-order valence-corrected chi connectivity index (χ2v) is 5.79. The molecule has 2 aromatic rings. The van der Waals surface area contributed by atoms with Gasteiger partial charge in [0, 0.05) is 32.2 Å². The molecule has 1 heterocycles. The van der Waals surface area contributed by atoms with E-state index in [1.165, 1.54) is 0 Å². The Balaban J connectivity index is 2.06. The molecule has 0 spiro atoms. The van der Waals surface area contributed by atoms with Gasteiger partial charge in [0.25, 0.3) is 5.91 Å². The summed E-state index contributed by atoms with van der Waals surface area (Å²) < 4.78 is 15.5. The third-order valence-electron chi connectivity index (χ3n) is 3.73. The van der Waals surface area contributed by atoms with Crippen LogP contribution in [-0.4, -0.2) is 49.4 Å². The number of hydrogen-bond acceptors (Lipinski definition) is 5. The summed E-state index contributed by atoms with van der Waals surface area (Å²) in [5, 5.41) is 4.01. The lowest BCUT2D eigenvalue weighted by atomic mass is 10.1. The Morgan fingerprint density at radius 1 is 1.25 bits per heavy atom. The van der Waals surface area contributed by atoms with E-state index in [4.69, 9.17) is 14.0 Å². The van der Waals surface area contributed by atoms with Gasteiger partial charge in [-0.15, -0.1) is 0 Å². The normalized spacial score (nSPS) is 10.9. The summed E-state index contributed by atoms with van der Waals surface area (Å²) in [6.07, 6.45) is 0.598. The number of rotatable bonds is 8. The Labute approximate surface area is 142 Å². The van der Waals surface area contributed by atoms with Crippen LogP contribution in [0.2, 0.25) is 0 Å². The van der Waals surface area contributed by atoms with E-state index >= 15 is 0 Å². The standard InChI is InChI=1S/C18H24N2O4/c1-13(2)20(9-10-22-3)18(21)17-12-15(19-24-17)11-14-5-7-16(23-4)8-6-14/h5-8,12-13H,9-11H2,1-4H3. The predicted molar refractivity (Wildman–Crippen MR) is 90.4 cm³/mol. The minimum atomic E-state index is -0.171. The molecule has 24 heavy (non-hydrogen) atoms. The van der Waals surface area contributed by atoms with Gasteiger partial charge in [-0.1, -0.05) is 17.3 Å². The third-order valence-corrected chi connectivity index (χ3v) is 3.73. The maximum atomic E-state index is 12.6. The van der Waals surface area contributed by atoms with Gasteiger partial charge in [0.05, 0.1) is 19.4 Å². The molecule has 0 fully saturated rings. The second-order valence-electron chi connectivity index (χ2n) is 5.79. The molecule has 0 atom stereocenters. The number of hydrogen-bond donors (Lipinski definition) is 0. The first kappa shape index (κ1) is 18.0. The highest BCUT2D eigenvalue weighted by Crippen LogP contribution is 2.16. The van der Waals surface area contributed by atoms with Crippen molar-refractivity contribution in [3.63, 3.8) is 0 Å². The number of aromatic nitrogens is 1. The molecule has 1 aromatic heterocycles. The van der Waals surface area contributed by atoms with E-state index in [0.29, 0.717) is 19.6 Å². The molecular formula is C18H24N2O4. The van der Waals surface area contributed by atoms with Crippen molar-refractivity contribution in [3.8, 4) is 5.75 Å². The highest BCUT2D eigenvalue weighted by Gasteiger charge is 2.22. The minimum absolute atomic E-state index is 0.0581. The van der Waals surface area contributed by atoms with Crippen LogP contribution in [0, 0.1) is 0 Å². The van der Waals surface area contributed by atoms with Crippen LogP contribution in [0.25, 0.3) is 0 Å². The zero-order chi connectivity index (χ0) is 17.5. The van der Waals surface area contributed by atoms with Crippen LogP contribution in [-0.2, 0) is 11.2 Å². The largest absolute Gasteiger partial charge is 0.497 e. The molecule has 130 valence electrons. The summed E-state index contributed by atoms with van der Waals surface area (Å²) in [5.74, 6) is 0.888. The van der Waals surface area contributed by atoms with E-state index in [2.05, 4.69) is 5.16 Å². The average molecular weight is 332 g/mol. The first-order valence-corrected chi connectivity index (χ1v) is 7.93. The number of benzene rings is 1. The Morgan fingerprint density at radius 2 is 1.96 bits per heavy atom. The predicted octanol–water partition coefficient (Wildman–Crippen LogP) is 2.77. The quantitative estimate of drug-likeness (QED) is 0.744. The van der Waals surface area contributed by atoms with E-state index in [-0.39, 0.29) is 17.7 Å². The van der Waals surface area contributed by atoms with Gasteiger partial charge in [0.15, 0.2) is 0 Å². The Kier molecular flexibility index (Phi) is 6.37. The third kappa shape index (κ3) is 4.58. The van der Waals surface area contributed by atoms with E-state index < -0.39 is 0 Å². The van der Waals surface area contributed by atoms with Crippen molar-refractivity contribution in [1.29, 1.82) is 0 Å². The highest BCUT2D eigenvalue weighted by molar-refractivity contribution is 5.91. The molecule has 0 aliphatic heterocycles. The van der Waals surface area contributed by atoms with E-state index in [0.717, 1.165) is 17.0 Å². The van der Waals surface area contributed by atoms with Crippen molar-refractivity contribution in [2.45, 2.75) is 26.3 Å². The molecule has 0 saturated carbocycles. The summed E-state index contributed by atoms with van der Waals surface area (Å²) in [6.45, 7) is 4.92. The van der Waals surface area contributed by atoms with E-state index in [1.54, 1.807) is 25.2 Å². The second kappa shape index (κ2) is 8.49. The molecule has 6 nitrogen and oxygen atoms in total. The monoisotopic (exact) mass is 332 g/mol. The molecular weight excluding hydrogens is 308 g/mol. The zero-order valence-corrected chi connectivity index (χ0v) is 14.6. The number of amides is 1. The summed E-state index contributed by atoms with van der Waals surface area (Å²) in [7, 11) is 3.25. The summed E-state index contributed by atoms with van der Waals surface area (Å²) in [4.78, 5) is 14.3. The number of methoxy groups -OCH3 is 2. The van der Waals surface area contributed by atoms with Gasteiger partial charge in [-0.05, 0) is 31.5 Å². The van der Waals surface area contributed by atoms with Crippen LogP contribution >= 0.6 is 0 Å². The fraction of sp³-hybridized carbons (Fsp3) is 0.444. The Hall–Kier alpha value is -2.34. The van der Waals surface area contributed by atoms with Crippen molar-refractivity contribution in [1.82, 2.24) is 10.1 Å². The van der Waals surface area contributed by atoms with Crippen molar-refractivity contribution in [2.75, 3.05) is 27.4 Å². The van der Waals surface area contributed by atoms with Gasteiger partial charge in [-0.25, -0.2) is 0 Å². The van der Waals surface area contributed by atoms with E-state index in [9.17, 15) is 4.79 Å². The number of nitrogens with zero attached hydrogens (tertiary/aromatic N) is 2. The smallest absolute Gasteiger partial charge is 0.292 e. The van der Waals surface area contributed by atoms with Crippen molar-refractivity contribution >= 4 is 5.91 Å². The maximum absolute atomic E-state index is 12.6. The summed E-state index contributed by atoms with van der Waals surface area (Å²) in [6, 6.07) is 9.48. The van der Waals surface area contributed by atoms with Gasteiger partial charge in [0.1, 0.15) is 5.75 Å². The molecule has 0 radical (unpaired) electrons. The molecule has 1 aromatic carbocycles. The molecule has 0 bridgehead atoms. The average Bonchev–Trinajstić information content (AvgIpc) is 3.04. The first-order valence-electron chi connectivity index (χ1n) is 7.93. The fourth-order valence-corrected chi connectivity index (χ4v) is 2.37. The molecule has 0 N–H and O–H groups in total. The SMILES string of the molecule is COCCN(C(=O)c1cc(Cc2ccc(OC)cc2)no1)C(C)C. The van der Waals surface area contributed by atoms with Gasteiger partial charge < -0.3 is 18.9 Å². The summed E-state index contributed by atoms with van der Waals surface area (Å²) >= 11 is 0. The minimum Gasteiger partial charge on any atom is -0.497 e. The lowest BCUT2D eigenvalue weighted by Gasteiger charge is -2.25. The molecule has 2 rings (SSSR count). The van der Waals surface area contributed by atoms with Gasteiger partial charge >= 0.3 is 0 Å². The van der Waals surface area contributed by atoms with Crippen LogP contribution in [0.4, 0.5) is 0 Å². The van der Waals surface area contributed by atoms with Crippen LogP contribution in [0.15, 0.2) is 34.9 Å². The van der Waals surface area contributed by atoms with Crippen molar-refractivity contribution in [2.24, 2.45) is 0 Å².